The van der Waals surface area contributed by atoms with E-state index in [0.717, 1.165) is 47.3 Å². The Morgan fingerprint density at radius 2 is 1.48 bits per heavy atom. The average Bonchev–Trinajstić information content (AvgIpc) is 3.07. The van der Waals surface area contributed by atoms with Crippen LogP contribution in [0.5, 0.6) is 0 Å². The molecular weight excluding hydrogens is 402 g/mol. The van der Waals surface area contributed by atoms with Crippen molar-refractivity contribution in [3.05, 3.63) is 75.7 Å². The van der Waals surface area contributed by atoms with Gasteiger partial charge in [0.15, 0.2) is 0 Å². The molecule has 4 rings (SSSR count). The maximum atomic E-state index is 13.5. The molecule has 1 N–H and O–H groups in total. The molecule has 1 aliphatic carbocycles. The van der Waals surface area contributed by atoms with E-state index >= 15 is 0 Å². The summed E-state index contributed by atoms with van der Waals surface area (Å²) in [5.41, 5.74) is 3.46. The molecule has 0 saturated heterocycles. The van der Waals surface area contributed by atoms with Crippen molar-refractivity contribution in [3.8, 4) is 0 Å². The Bertz CT molecular complexity index is 1160. The number of benzene rings is 2. The van der Waals surface area contributed by atoms with E-state index in [1.54, 1.807) is 36.4 Å². The van der Waals surface area contributed by atoms with Gasteiger partial charge in [-0.2, -0.15) is 0 Å². The number of fused-ring (bicyclic) bond motifs is 1. The minimum absolute atomic E-state index is 0.264. The van der Waals surface area contributed by atoms with E-state index in [9.17, 15) is 13.2 Å². The molecule has 0 spiro atoms. The minimum Gasteiger partial charge on any atom is -0.312 e. The van der Waals surface area contributed by atoms with Crippen LogP contribution in [-0.2, 0) is 22.7 Å². The van der Waals surface area contributed by atoms with Crippen molar-refractivity contribution >= 4 is 32.1 Å². The Morgan fingerprint density at radius 3 is 2.14 bits per heavy atom. The van der Waals surface area contributed by atoms with Gasteiger partial charge in [0.2, 0.25) is 9.84 Å². The quantitative estimate of drug-likeness (QED) is 0.615. The molecule has 2 aromatic carbocycles. The molecule has 0 radical (unpaired) electrons. The SMILES string of the molecule is Cc1ccc(C(=O)Nc2sc3c(c2S(=O)(=O)c2ccc(C)cc2)CCCC3)cc1. The van der Waals surface area contributed by atoms with Crippen LogP contribution in [0.25, 0.3) is 0 Å². The maximum absolute atomic E-state index is 13.5. The monoisotopic (exact) mass is 425 g/mol. The highest BCUT2D eigenvalue weighted by Gasteiger charge is 2.31. The Labute approximate surface area is 175 Å². The summed E-state index contributed by atoms with van der Waals surface area (Å²) in [5.74, 6) is -0.288. The summed E-state index contributed by atoms with van der Waals surface area (Å²) < 4.78 is 27.0. The van der Waals surface area contributed by atoms with Crippen molar-refractivity contribution in [1.29, 1.82) is 0 Å². The van der Waals surface area contributed by atoms with Crippen molar-refractivity contribution in [2.45, 2.75) is 49.3 Å². The number of carbonyl (C=O) groups excluding carboxylic acids is 1. The predicted molar refractivity (Wildman–Crippen MR) is 117 cm³/mol. The third-order valence-corrected chi connectivity index (χ3v) is 8.48. The van der Waals surface area contributed by atoms with Gasteiger partial charge in [-0.1, -0.05) is 35.4 Å². The van der Waals surface area contributed by atoms with Crippen LogP contribution in [0, 0.1) is 13.8 Å². The maximum Gasteiger partial charge on any atom is 0.256 e. The molecule has 0 unspecified atom stereocenters. The molecule has 1 heterocycles. The van der Waals surface area contributed by atoms with Gasteiger partial charge in [0, 0.05) is 10.4 Å². The Kier molecular flexibility index (Phi) is 5.32. The third kappa shape index (κ3) is 3.87. The van der Waals surface area contributed by atoms with Gasteiger partial charge in [0.05, 0.1) is 4.90 Å². The molecule has 6 heteroatoms. The zero-order valence-corrected chi connectivity index (χ0v) is 18.1. The second-order valence-electron chi connectivity index (χ2n) is 7.51. The van der Waals surface area contributed by atoms with Crippen molar-refractivity contribution in [3.63, 3.8) is 0 Å². The van der Waals surface area contributed by atoms with Crippen LogP contribution in [0.1, 0.15) is 44.8 Å². The highest BCUT2D eigenvalue weighted by molar-refractivity contribution is 7.92. The van der Waals surface area contributed by atoms with Gasteiger partial charge in [-0.25, -0.2) is 8.42 Å². The van der Waals surface area contributed by atoms with Crippen LogP contribution in [0.3, 0.4) is 0 Å². The molecule has 0 fully saturated rings. The number of aryl methyl sites for hydroxylation is 3. The molecular formula is C23H23NO3S2. The summed E-state index contributed by atoms with van der Waals surface area (Å²) in [4.78, 5) is 14.4. The minimum atomic E-state index is -3.72. The van der Waals surface area contributed by atoms with E-state index < -0.39 is 9.84 Å². The van der Waals surface area contributed by atoms with Crippen LogP contribution in [-0.4, -0.2) is 14.3 Å². The van der Waals surface area contributed by atoms with E-state index in [2.05, 4.69) is 5.32 Å². The van der Waals surface area contributed by atoms with Gasteiger partial charge in [0.25, 0.3) is 5.91 Å². The molecule has 29 heavy (non-hydrogen) atoms. The first-order valence-electron chi connectivity index (χ1n) is 9.70. The fourth-order valence-electron chi connectivity index (χ4n) is 3.62. The molecule has 1 aliphatic rings. The van der Waals surface area contributed by atoms with E-state index in [4.69, 9.17) is 0 Å². The summed E-state index contributed by atoms with van der Waals surface area (Å²) in [6.45, 7) is 3.89. The number of hydrogen-bond donors (Lipinski definition) is 1. The first-order valence-corrected chi connectivity index (χ1v) is 12.0. The lowest BCUT2D eigenvalue weighted by molar-refractivity contribution is 0.102. The van der Waals surface area contributed by atoms with Crippen molar-refractivity contribution < 1.29 is 13.2 Å². The fraction of sp³-hybridized carbons (Fsp3) is 0.261. The largest absolute Gasteiger partial charge is 0.312 e. The van der Waals surface area contributed by atoms with Gasteiger partial charge in [-0.3, -0.25) is 4.79 Å². The molecule has 4 nitrogen and oxygen atoms in total. The van der Waals surface area contributed by atoms with E-state index in [1.165, 1.54) is 11.3 Å². The summed E-state index contributed by atoms with van der Waals surface area (Å²) in [5, 5.41) is 3.32. The standard InChI is InChI=1S/C23H23NO3S2/c1-15-7-11-17(12-8-15)22(25)24-23-21(19-5-3-4-6-20(19)28-23)29(26,27)18-13-9-16(2)10-14-18/h7-14H,3-6H2,1-2H3,(H,24,25). The van der Waals surface area contributed by atoms with Crippen LogP contribution >= 0.6 is 11.3 Å². The van der Waals surface area contributed by atoms with Gasteiger partial charge in [0.1, 0.15) is 9.90 Å². The fourth-order valence-corrected chi connectivity index (χ4v) is 6.89. The normalized spacial score (nSPS) is 13.7. The molecule has 0 saturated carbocycles. The number of thiophene rings is 1. The van der Waals surface area contributed by atoms with Gasteiger partial charge in [-0.05, 0) is 69.4 Å². The topological polar surface area (TPSA) is 63.2 Å². The Hall–Kier alpha value is -2.44. The number of amides is 1. The number of anilines is 1. The van der Waals surface area contributed by atoms with E-state index in [0.29, 0.717) is 10.6 Å². The summed E-state index contributed by atoms with van der Waals surface area (Å²) in [6, 6.07) is 14.1. The molecule has 0 bridgehead atoms. The molecule has 150 valence electrons. The van der Waals surface area contributed by atoms with Crippen molar-refractivity contribution in [1.82, 2.24) is 0 Å². The first kappa shape index (κ1) is 19.9. The van der Waals surface area contributed by atoms with E-state index in [1.807, 2.05) is 26.0 Å². The lowest BCUT2D eigenvalue weighted by Crippen LogP contribution is -2.14. The predicted octanol–water partition coefficient (Wildman–Crippen LogP) is 5.33. The summed E-state index contributed by atoms with van der Waals surface area (Å²) >= 11 is 1.40. The Balaban J connectivity index is 1.78. The number of carbonyl (C=O) groups is 1. The number of rotatable bonds is 4. The second-order valence-corrected chi connectivity index (χ2v) is 10.5. The highest BCUT2D eigenvalue weighted by Crippen LogP contribution is 2.43. The molecule has 3 aromatic rings. The lowest BCUT2D eigenvalue weighted by Gasteiger charge is -2.14. The van der Waals surface area contributed by atoms with E-state index in [-0.39, 0.29) is 15.7 Å². The number of hydrogen-bond acceptors (Lipinski definition) is 4. The number of sulfone groups is 1. The molecule has 1 amide bonds. The zero-order valence-electron chi connectivity index (χ0n) is 16.5. The van der Waals surface area contributed by atoms with Crippen LogP contribution in [0.15, 0.2) is 58.3 Å². The van der Waals surface area contributed by atoms with Crippen LogP contribution in [0.4, 0.5) is 5.00 Å². The zero-order chi connectivity index (χ0) is 20.6. The van der Waals surface area contributed by atoms with Crippen LogP contribution < -0.4 is 5.32 Å². The number of nitrogens with one attached hydrogen (secondary N) is 1. The van der Waals surface area contributed by atoms with Gasteiger partial charge >= 0.3 is 0 Å². The third-order valence-electron chi connectivity index (χ3n) is 5.26. The van der Waals surface area contributed by atoms with Gasteiger partial charge < -0.3 is 5.32 Å². The summed E-state index contributed by atoms with van der Waals surface area (Å²) in [7, 11) is -3.72. The highest BCUT2D eigenvalue weighted by atomic mass is 32.2. The van der Waals surface area contributed by atoms with Crippen LogP contribution in [0.2, 0.25) is 0 Å². The Morgan fingerprint density at radius 1 is 0.897 bits per heavy atom. The lowest BCUT2D eigenvalue weighted by atomic mass is 9.99. The van der Waals surface area contributed by atoms with Crippen molar-refractivity contribution in [2.24, 2.45) is 0 Å². The molecule has 0 atom stereocenters. The average molecular weight is 426 g/mol. The summed E-state index contributed by atoms with van der Waals surface area (Å²) in [6.07, 6.45) is 3.60. The first-order chi connectivity index (χ1) is 13.9. The van der Waals surface area contributed by atoms with Crippen molar-refractivity contribution in [2.75, 3.05) is 5.32 Å². The van der Waals surface area contributed by atoms with Gasteiger partial charge in [-0.15, -0.1) is 11.3 Å². The smallest absolute Gasteiger partial charge is 0.256 e. The molecule has 1 aromatic heterocycles. The second kappa shape index (κ2) is 7.76. The molecule has 0 aliphatic heterocycles.